The maximum atomic E-state index is 10.5. The number of rotatable bonds is 5. The molecular weight excluding hydrogens is 318 g/mol. The Bertz CT molecular complexity index is 703. The van der Waals surface area contributed by atoms with Crippen molar-refractivity contribution >= 4 is 11.6 Å². The zero-order valence-corrected chi connectivity index (χ0v) is 16.3. The van der Waals surface area contributed by atoms with E-state index in [2.05, 4.69) is 34.6 Å². The molecule has 0 saturated carbocycles. The van der Waals surface area contributed by atoms with Gasteiger partial charge in [-0.15, -0.1) is 0 Å². The number of aromatic nitrogens is 1. The highest BCUT2D eigenvalue weighted by molar-refractivity contribution is 6.30. The van der Waals surface area contributed by atoms with E-state index in [9.17, 15) is 5.11 Å². The first-order chi connectivity index (χ1) is 11.3. The first kappa shape index (κ1) is 19.0. The average Bonchev–Trinajstić information content (AvgIpc) is 2.53. The summed E-state index contributed by atoms with van der Waals surface area (Å²) < 4.78 is 0. The summed E-state index contributed by atoms with van der Waals surface area (Å²) in [5, 5.41) is 11.3. The molecule has 1 atom stereocenters. The number of hydrogen-bond acceptors (Lipinski definition) is 2. The van der Waals surface area contributed by atoms with Gasteiger partial charge in [-0.1, -0.05) is 58.4 Å². The Morgan fingerprint density at radius 3 is 1.92 bits per heavy atom. The number of pyridine rings is 1. The van der Waals surface area contributed by atoms with Crippen LogP contribution in [-0.2, 0) is 6.42 Å². The van der Waals surface area contributed by atoms with Crippen molar-refractivity contribution in [2.75, 3.05) is 0 Å². The van der Waals surface area contributed by atoms with Gasteiger partial charge in [0.1, 0.15) is 0 Å². The fourth-order valence-electron chi connectivity index (χ4n) is 3.32. The summed E-state index contributed by atoms with van der Waals surface area (Å²) >= 11 is 6.08. The maximum Gasteiger partial charge on any atom is 0.0785 e. The quantitative estimate of drug-likeness (QED) is 0.693. The van der Waals surface area contributed by atoms with Crippen LogP contribution >= 0.6 is 11.6 Å². The molecule has 1 aromatic heterocycles. The molecule has 2 rings (SSSR count). The summed E-state index contributed by atoms with van der Waals surface area (Å²) in [4.78, 5) is 4.98. The van der Waals surface area contributed by atoms with Crippen molar-refractivity contribution in [2.45, 2.75) is 65.9 Å². The second-order valence-corrected chi connectivity index (χ2v) is 7.43. The standard InChI is InChI=1S/C21H28ClNO/c1-7-17-19(15-8-10-16(22)11-9-15)18(14(6)24)21(13(4)5)23-20(17)12(2)3/h8-14,24H,7H2,1-6H3. The summed E-state index contributed by atoms with van der Waals surface area (Å²) in [5.74, 6) is 0.593. The Hall–Kier alpha value is -1.38. The van der Waals surface area contributed by atoms with E-state index in [0.717, 1.165) is 39.5 Å². The predicted octanol–water partition coefficient (Wildman–Crippen LogP) is 6.26. The van der Waals surface area contributed by atoms with Crippen molar-refractivity contribution in [2.24, 2.45) is 0 Å². The van der Waals surface area contributed by atoms with Gasteiger partial charge in [0.05, 0.1) is 6.10 Å². The van der Waals surface area contributed by atoms with Crippen LogP contribution in [0.25, 0.3) is 11.1 Å². The van der Waals surface area contributed by atoms with Crippen molar-refractivity contribution in [3.8, 4) is 11.1 Å². The Kier molecular flexibility index (Phi) is 6.06. The number of nitrogens with zero attached hydrogens (tertiary/aromatic N) is 1. The molecule has 0 saturated heterocycles. The number of halogens is 1. The molecule has 1 heterocycles. The van der Waals surface area contributed by atoms with E-state index in [1.807, 2.05) is 31.2 Å². The van der Waals surface area contributed by atoms with Gasteiger partial charge in [-0.25, -0.2) is 0 Å². The van der Waals surface area contributed by atoms with Crippen LogP contribution in [0.2, 0.25) is 5.02 Å². The minimum atomic E-state index is -0.563. The highest BCUT2D eigenvalue weighted by Crippen LogP contribution is 2.39. The van der Waals surface area contributed by atoms with E-state index in [0.29, 0.717) is 5.92 Å². The number of benzene rings is 1. The van der Waals surface area contributed by atoms with Crippen molar-refractivity contribution in [1.29, 1.82) is 0 Å². The van der Waals surface area contributed by atoms with E-state index < -0.39 is 6.10 Å². The third kappa shape index (κ3) is 3.65. The molecule has 0 aliphatic rings. The van der Waals surface area contributed by atoms with Gasteiger partial charge >= 0.3 is 0 Å². The molecule has 2 aromatic rings. The molecule has 0 fully saturated rings. The molecule has 130 valence electrons. The minimum Gasteiger partial charge on any atom is -0.389 e. The maximum absolute atomic E-state index is 10.5. The lowest BCUT2D eigenvalue weighted by molar-refractivity contribution is 0.197. The molecule has 0 bridgehead atoms. The van der Waals surface area contributed by atoms with Crippen molar-refractivity contribution in [3.63, 3.8) is 0 Å². The molecule has 1 N–H and O–H groups in total. The zero-order valence-electron chi connectivity index (χ0n) is 15.5. The molecule has 0 aliphatic heterocycles. The van der Waals surface area contributed by atoms with E-state index in [1.54, 1.807) is 0 Å². The third-order valence-corrected chi connectivity index (χ3v) is 4.65. The lowest BCUT2D eigenvalue weighted by Gasteiger charge is -2.25. The fraction of sp³-hybridized carbons (Fsp3) is 0.476. The Labute approximate surface area is 150 Å². The Balaban J connectivity index is 2.92. The Morgan fingerprint density at radius 2 is 1.50 bits per heavy atom. The Morgan fingerprint density at radius 1 is 0.958 bits per heavy atom. The van der Waals surface area contributed by atoms with Crippen molar-refractivity contribution in [1.82, 2.24) is 4.98 Å². The van der Waals surface area contributed by atoms with Crippen LogP contribution in [-0.4, -0.2) is 10.1 Å². The monoisotopic (exact) mass is 345 g/mol. The molecule has 0 amide bonds. The summed E-state index contributed by atoms with van der Waals surface area (Å²) in [7, 11) is 0. The van der Waals surface area contributed by atoms with Gasteiger partial charge in [0.15, 0.2) is 0 Å². The molecule has 1 unspecified atom stereocenters. The van der Waals surface area contributed by atoms with Crippen LogP contribution in [0.3, 0.4) is 0 Å². The molecule has 3 heteroatoms. The van der Waals surface area contributed by atoms with Gasteiger partial charge in [-0.3, -0.25) is 4.98 Å². The average molecular weight is 346 g/mol. The first-order valence-electron chi connectivity index (χ1n) is 8.78. The normalized spacial score (nSPS) is 12.9. The van der Waals surface area contributed by atoms with Crippen molar-refractivity contribution in [3.05, 3.63) is 51.8 Å². The first-order valence-corrected chi connectivity index (χ1v) is 9.16. The largest absolute Gasteiger partial charge is 0.389 e. The van der Waals surface area contributed by atoms with E-state index in [-0.39, 0.29) is 5.92 Å². The van der Waals surface area contributed by atoms with Gasteiger partial charge in [-0.05, 0) is 54.0 Å². The summed E-state index contributed by atoms with van der Waals surface area (Å²) in [6.07, 6.45) is 0.323. The topological polar surface area (TPSA) is 33.1 Å². The second kappa shape index (κ2) is 7.67. The number of hydrogen-bond donors (Lipinski definition) is 1. The van der Waals surface area contributed by atoms with Crippen LogP contribution in [0, 0.1) is 0 Å². The van der Waals surface area contributed by atoms with E-state index in [1.165, 1.54) is 5.56 Å². The lowest BCUT2D eigenvalue weighted by Crippen LogP contribution is -2.13. The number of aliphatic hydroxyl groups is 1. The summed E-state index contributed by atoms with van der Waals surface area (Å²) in [6.45, 7) is 12.6. The SMILES string of the molecule is CCc1c(C(C)C)nc(C(C)C)c(C(C)O)c1-c1ccc(Cl)cc1. The van der Waals surface area contributed by atoms with E-state index in [4.69, 9.17) is 16.6 Å². The van der Waals surface area contributed by atoms with Gasteiger partial charge in [0.25, 0.3) is 0 Å². The van der Waals surface area contributed by atoms with E-state index >= 15 is 0 Å². The summed E-state index contributed by atoms with van der Waals surface area (Å²) in [6, 6.07) is 7.90. The molecule has 0 spiro atoms. The highest BCUT2D eigenvalue weighted by Gasteiger charge is 2.25. The minimum absolute atomic E-state index is 0.254. The van der Waals surface area contributed by atoms with Gasteiger partial charge < -0.3 is 5.11 Å². The van der Waals surface area contributed by atoms with Crippen LogP contribution < -0.4 is 0 Å². The van der Waals surface area contributed by atoms with Gasteiger partial charge in [0.2, 0.25) is 0 Å². The summed E-state index contributed by atoms with van der Waals surface area (Å²) in [5.41, 5.74) is 6.54. The lowest BCUT2D eigenvalue weighted by atomic mass is 9.84. The van der Waals surface area contributed by atoms with Crippen LogP contribution in [0.15, 0.2) is 24.3 Å². The molecule has 0 aliphatic carbocycles. The molecule has 0 radical (unpaired) electrons. The van der Waals surface area contributed by atoms with Crippen LogP contribution in [0.1, 0.15) is 82.0 Å². The molecule has 2 nitrogen and oxygen atoms in total. The fourth-order valence-corrected chi connectivity index (χ4v) is 3.45. The predicted molar refractivity (Wildman–Crippen MR) is 103 cm³/mol. The van der Waals surface area contributed by atoms with Crippen LogP contribution in [0.4, 0.5) is 0 Å². The van der Waals surface area contributed by atoms with Crippen molar-refractivity contribution < 1.29 is 5.11 Å². The smallest absolute Gasteiger partial charge is 0.0785 e. The molecular formula is C21H28ClNO. The highest BCUT2D eigenvalue weighted by atomic mass is 35.5. The third-order valence-electron chi connectivity index (χ3n) is 4.40. The zero-order chi connectivity index (χ0) is 18.0. The molecule has 24 heavy (non-hydrogen) atoms. The molecule has 1 aromatic carbocycles. The number of aliphatic hydroxyl groups excluding tert-OH is 1. The second-order valence-electron chi connectivity index (χ2n) is 7.00. The van der Waals surface area contributed by atoms with Gasteiger partial charge in [0, 0.05) is 22.0 Å². The van der Waals surface area contributed by atoms with Gasteiger partial charge in [-0.2, -0.15) is 0 Å². The van der Waals surface area contributed by atoms with Crippen LogP contribution in [0.5, 0.6) is 0 Å².